The van der Waals surface area contributed by atoms with Crippen LogP contribution in [0.1, 0.15) is 53.0 Å². The lowest BCUT2D eigenvalue weighted by atomic mass is 9.92. The first-order chi connectivity index (χ1) is 11.9. The van der Waals surface area contributed by atoms with Crippen LogP contribution in [-0.2, 0) is 0 Å². The van der Waals surface area contributed by atoms with E-state index in [-0.39, 0.29) is 0 Å². The zero-order valence-corrected chi connectivity index (χ0v) is 18.5. The highest BCUT2D eigenvalue weighted by molar-refractivity contribution is 9.10. The predicted octanol–water partition coefficient (Wildman–Crippen LogP) is 6.81. The zero-order chi connectivity index (χ0) is 19.5. The predicted molar refractivity (Wildman–Crippen MR) is 119 cm³/mol. The van der Waals surface area contributed by atoms with Crippen LogP contribution in [0.3, 0.4) is 0 Å². The van der Waals surface area contributed by atoms with Crippen LogP contribution in [0.4, 0.5) is 0 Å². The maximum atomic E-state index is 5.78. The highest BCUT2D eigenvalue weighted by atomic mass is 79.9. The molecule has 0 aliphatic heterocycles. The van der Waals surface area contributed by atoms with Crippen molar-refractivity contribution in [2.45, 2.75) is 53.5 Å². The second-order valence-corrected chi connectivity index (χ2v) is 7.16. The Morgan fingerprint density at radius 1 is 1.40 bits per heavy atom. The third kappa shape index (κ3) is 7.56. The van der Waals surface area contributed by atoms with Crippen LogP contribution in [0.15, 0.2) is 40.4 Å². The van der Waals surface area contributed by atoms with E-state index >= 15 is 0 Å². The molecule has 1 heterocycles. The van der Waals surface area contributed by atoms with Gasteiger partial charge in [0.2, 0.25) is 0 Å². The molecule has 0 aliphatic rings. The van der Waals surface area contributed by atoms with E-state index in [9.17, 15) is 0 Å². The van der Waals surface area contributed by atoms with E-state index in [1.165, 1.54) is 4.70 Å². The van der Waals surface area contributed by atoms with Gasteiger partial charge in [0.05, 0.1) is 15.8 Å². The Labute approximate surface area is 165 Å². The van der Waals surface area contributed by atoms with Crippen molar-refractivity contribution in [3.63, 3.8) is 0 Å². The molecule has 1 unspecified atom stereocenters. The average molecular weight is 421 g/mol. The summed E-state index contributed by atoms with van der Waals surface area (Å²) in [6.45, 7) is 11.9. The van der Waals surface area contributed by atoms with Crippen LogP contribution in [0.25, 0.3) is 16.3 Å². The SMILES string of the molecule is C#CC(C)(N)/C(=C\C)CC.C/C=C/c1nc2ccc(Br)cc2s1.CC. The lowest BCUT2D eigenvalue weighted by molar-refractivity contribution is 0.682. The summed E-state index contributed by atoms with van der Waals surface area (Å²) < 4.78 is 2.33. The third-order valence-corrected chi connectivity index (χ3v) is 4.85. The third-order valence-electron chi connectivity index (χ3n) is 3.37. The molecule has 0 spiro atoms. The highest BCUT2D eigenvalue weighted by Crippen LogP contribution is 2.25. The van der Waals surface area contributed by atoms with Gasteiger partial charge in [-0.15, -0.1) is 17.8 Å². The standard InChI is InChI=1S/C10H8BrNS.C9H15N.C2H6/c1-2-3-10-12-8-5-4-7(11)6-9(8)13-10;1-5-8(6-2)9(4,10)7-3;1-2/h2-6H,1H3;3,5H,6,10H2,1-2,4H3;1-2H3/b3-2+;8-5-;. The van der Waals surface area contributed by atoms with Gasteiger partial charge < -0.3 is 5.73 Å². The molecule has 2 nitrogen and oxygen atoms in total. The molecule has 25 heavy (non-hydrogen) atoms. The number of allylic oxidation sites excluding steroid dienone is 2. The zero-order valence-electron chi connectivity index (χ0n) is 16.1. The maximum absolute atomic E-state index is 5.78. The molecule has 0 aliphatic carbocycles. The molecule has 0 radical (unpaired) electrons. The van der Waals surface area contributed by atoms with E-state index in [1.54, 1.807) is 11.3 Å². The number of fused-ring (bicyclic) bond motifs is 1. The minimum absolute atomic E-state index is 0.552. The van der Waals surface area contributed by atoms with Gasteiger partial charge >= 0.3 is 0 Å². The van der Waals surface area contributed by atoms with Crippen molar-refractivity contribution in [2.24, 2.45) is 5.73 Å². The van der Waals surface area contributed by atoms with Gasteiger partial charge in [-0.3, -0.25) is 0 Å². The van der Waals surface area contributed by atoms with Gasteiger partial charge in [-0.05, 0) is 57.0 Å². The molecule has 1 aromatic heterocycles. The largest absolute Gasteiger partial charge is 0.312 e. The number of aromatic nitrogens is 1. The van der Waals surface area contributed by atoms with Crippen molar-refractivity contribution in [1.82, 2.24) is 4.98 Å². The first-order valence-electron chi connectivity index (χ1n) is 8.49. The summed E-state index contributed by atoms with van der Waals surface area (Å²) in [5.74, 6) is 2.55. The average Bonchev–Trinajstić information content (AvgIpc) is 3.00. The van der Waals surface area contributed by atoms with Gasteiger partial charge in [-0.2, -0.15) is 0 Å². The molecule has 2 aromatic rings. The molecular formula is C21H29BrN2S. The topological polar surface area (TPSA) is 38.9 Å². The normalized spacial score (nSPS) is 13.3. The molecule has 0 amide bonds. The van der Waals surface area contributed by atoms with E-state index in [2.05, 4.69) is 39.8 Å². The Balaban J connectivity index is 0.000000434. The number of halogens is 1. The summed E-state index contributed by atoms with van der Waals surface area (Å²) in [5.41, 5.74) is 7.42. The lowest BCUT2D eigenvalue weighted by Crippen LogP contribution is -2.36. The Morgan fingerprint density at radius 2 is 2.04 bits per heavy atom. The van der Waals surface area contributed by atoms with Crippen molar-refractivity contribution >= 4 is 43.6 Å². The van der Waals surface area contributed by atoms with Crippen molar-refractivity contribution in [2.75, 3.05) is 0 Å². The quantitative estimate of drug-likeness (QED) is 0.437. The Kier molecular flexibility index (Phi) is 11.3. The van der Waals surface area contributed by atoms with E-state index in [4.69, 9.17) is 12.2 Å². The first kappa shape index (κ1) is 23.6. The van der Waals surface area contributed by atoms with E-state index in [1.807, 2.05) is 65.0 Å². The lowest BCUT2D eigenvalue weighted by Gasteiger charge is -2.20. The molecular weight excluding hydrogens is 392 g/mol. The summed E-state index contributed by atoms with van der Waals surface area (Å²) in [6.07, 6.45) is 12.2. The van der Waals surface area contributed by atoms with Crippen LogP contribution in [0, 0.1) is 12.3 Å². The molecule has 0 saturated heterocycles. The molecule has 2 rings (SSSR count). The van der Waals surface area contributed by atoms with Crippen LogP contribution < -0.4 is 5.73 Å². The van der Waals surface area contributed by atoms with E-state index in [0.29, 0.717) is 0 Å². The number of hydrogen-bond acceptors (Lipinski definition) is 3. The fraction of sp³-hybridized carbons (Fsp3) is 0.381. The molecule has 1 atom stereocenters. The van der Waals surface area contributed by atoms with Gasteiger partial charge in [0, 0.05) is 4.47 Å². The minimum atomic E-state index is -0.552. The van der Waals surface area contributed by atoms with Gasteiger partial charge in [0.25, 0.3) is 0 Å². The number of terminal acetylenes is 1. The van der Waals surface area contributed by atoms with Crippen molar-refractivity contribution in [3.8, 4) is 12.3 Å². The minimum Gasteiger partial charge on any atom is -0.312 e. The van der Waals surface area contributed by atoms with Crippen LogP contribution in [0.2, 0.25) is 0 Å². The van der Waals surface area contributed by atoms with Crippen LogP contribution >= 0.6 is 27.3 Å². The number of hydrogen-bond donors (Lipinski definition) is 1. The highest BCUT2D eigenvalue weighted by Gasteiger charge is 2.17. The number of nitrogens with two attached hydrogens (primary N) is 1. The van der Waals surface area contributed by atoms with Gasteiger partial charge in [-0.25, -0.2) is 4.98 Å². The fourth-order valence-electron chi connectivity index (χ4n) is 2.09. The molecule has 2 N–H and O–H groups in total. The molecule has 0 fully saturated rings. The smallest absolute Gasteiger partial charge is 0.117 e. The molecule has 4 heteroatoms. The maximum Gasteiger partial charge on any atom is 0.117 e. The number of benzene rings is 1. The summed E-state index contributed by atoms with van der Waals surface area (Å²) in [4.78, 5) is 4.45. The molecule has 0 bridgehead atoms. The first-order valence-corrected chi connectivity index (χ1v) is 10.1. The number of nitrogens with zero attached hydrogens (tertiary/aromatic N) is 1. The molecule has 1 aromatic carbocycles. The number of rotatable bonds is 3. The van der Waals surface area contributed by atoms with E-state index in [0.717, 1.165) is 27.0 Å². The number of thiazole rings is 1. The van der Waals surface area contributed by atoms with Crippen molar-refractivity contribution in [1.29, 1.82) is 0 Å². The van der Waals surface area contributed by atoms with Gasteiger partial charge in [0.15, 0.2) is 0 Å². The van der Waals surface area contributed by atoms with E-state index < -0.39 is 5.54 Å². The fourth-order valence-corrected chi connectivity index (χ4v) is 3.58. The van der Waals surface area contributed by atoms with Crippen LogP contribution in [-0.4, -0.2) is 10.5 Å². The monoisotopic (exact) mass is 420 g/mol. The van der Waals surface area contributed by atoms with Gasteiger partial charge in [0.1, 0.15) is 5.01 Å². The second kappa shape index (κ2) is 12.0. The van der Waals surface area contributed by atoms with Crippen molar-refractivity contribution < 1.29 is 0 Å². The molecule has 0 saturated carbocycles. The summed E-state index contributed by atoms with van der Waals surface area (Å²) in [5, 5.41) is 1.07. The Morgan fingerprint density at radius 3 is 2.48 bits per heavy atom. The summed E-state index contributed by atoms with van der Waals surface area (Å²) >= 11 is 5.15. The summed E-state index contributed by atoms with van der Waals surface area (Å²) in [7, 11) is 0. The van der Waals surface area contributed by atoms with Crippen LogP contribution in [0.5, 0.6) is 0 Å². The Hall–Kier alpha value is -1.41. The Bertz CT molecular complexity index is 749. The second-order valence-electron chi connectivity index (χ2n) is 5.18. The van der Waals surface area contributed by atoms with Gasteiger partial charge in [-0.1, -0.05) is 54.8 Å². The molecule has 136 valence electrons. The van der Waals surface area contributed by atoms with Crippen molar-refractivity contribution in [3.05, 3.63) is 45.4 Å². The summed E-state index contributed by atoms with van der Waals surface area (Å²) in [6, 6.07) is 6.14.